The number of anilines is 1. The predicted octanol–water partition coefficient (Wildman–Crippen LogP) is 4.60. The van der Waals surface area contributed by atoms with Gasteiger partial charge in [-0.25, -0.2) is 0 Å². The Morgan fingerprint density at radius 3 is 2.90 bits per heavy atom. The highest BCUT2D eigenvalue weighted by Gasteiger charge is 2.08. The second-order valence-corrected chi connectivity index (χ2v) is 5.86. The van der Waals surface area contributed by atoms with E-state index in [1.807, 2.05) is 42.1 Å². The third-order valence-electron chi connectivity index (χ3n) is 3.21. The van der Waals surface area contributed by atoms with Crippen molar-refractivity contribution in [1.29, 1.82) is 0 Å². The standard InChI is InChI=1S/C15H13BrClN3/c1-20-15-5-3-2-4-11(15)14(19-20)9-18-13-8-10(17)6-7-12(13)16/h2-8,18H,9H2,1H3. The number of fused-ring (bicyclic) bond motifs is 1. The molecule has 0 aliphatic heterocycles. The van der Waals surface area contributed by atoms with E-state index in [1.54, 1.807) is 0 Å². The van der Waals surface area contributed by atoms with Crippen molar-refractivity contribution in [3.8, 4) is 0 Å². The number of nitrogens with zero attached hydrogens (tertiary/aromatic N) is 2. The lowest BCUT2D eigenvalue weighted by Gasteiger charge is -2.07. The molecule has 0 saturated carbocycles. The molecule has 2 aromatic carbocycles. The van der Waals surface area contributed by atoms with Gasteiger partial charge in [0, 0.05) is 21.9 Å². The van der Waals surface area contributed by atoms with Crippen LogP contribution in [0.1, 0.15) is 5.69 Å². The fourth-order valence-corrected chi connectivity index (χ4v) is 2.79. The maximum Gasteiger partial charge on any atom is 0.0894 e. The average molecular weight is 351 g/mol. The summed E-state index contributed by atoms with van der Waals surface area (Å²) in [5.74, 6) is 0. The van der Waals surface area contributed by atoms with Gasteiger partial charge in [0.2, 0.25) is 0 Å². The number of aryl methyl sites for hydroxylation is 1. The lowest BCUT2D eigenvalue weighted by atomic mass is 10.2. The number of hydrogen-bond donors (Lipinski definition) is 1. The van der Waals surface area contributed by atoms with Crippen molar-refractivity contribution in [1.82, 2.24) is 9.78 Å². The summed E-state index contributed by atoms with van der Waals surface area (Å²) in [6.07, 6.45) is 0. The van der Waals surface area contributed by atoms with E-state index in [1.165, 1.54) is 5.39 Å². The van der Waals surface area contributed by atoms with Gasteiger partial charge in [-0.05, 0) is 40.2 Å². The Morgan fingerprint density at radius 2 is 2.05 bits per heavy atom. The summed E-state index contributed by atoms with van der Waals surface area (Å²) in [6.45, 7) is 0.653. The van der Waals surface area contributed by atoms with Gasteiger partial charge in [-0.3, -0.25) is 4.68 Å². The summed E-state index contributed by atoms with van der Waals surface area (Å²) in [4.78, 5) is 0. The van der Waals surface area contributed by atoms with Crippen LogP contribution in [0.2, 0.25) is 5.02 Å². The van der Waals surface area contributed by atoms with Crippen molar-refractivity contribution in [3.63, 3.8) is 0 Å². The second kappa shape index (κ2) is 5.46. The van der Waals surface area contributed by atoms with E-state index in [0.29, 0.717) is 11.6 Å². The maximum atomic E-state index is 6.02. The molecule has 0 fully saturated rings. The zero-order valence-electron chi connectivity index (χ0n) is 10.9. The summed E-state index contributed by atoms with van der Waals surface area (Å²) in [5, 5.41) is 9.81. The number of nitrogens with one attached hydrogen (secondary N) is 1. The molecule has 0 radical (unpaired) electrons. The fraction of sp³-hybridized carbons (Fsp3) is 0.133. The van der Waals surface area contributed by atoms with Crippen LogP contribution in [0.4, 0.5) is 5.69 Å². The molecule has 0 unspecified atom stereocenters. The van der Waals surface area contributed by atoms with Crippen molar-refractivity contribution in [3.05, 3.63) is 57.7 Å². The second-order valence-electron chi connectivity index (χ2n) is 4.57. The summed E-state index contributed by atoms with van der Waals surface area (Å²) < 4.78 is 2.89. The molecule has 0 amide bonds. The van der Waals surface area contributed by atoms with Crippen LogP contribution in [0.25, 0.3) is 10.9 Å². The van der Waals surface area contributed by atoms with Crippen LogP contribution in [-0.2, 0) is 13.6 Å². The first kappa shape index (κ1) is 13.5. The van der Waals surface area contributed by atoms with Gasteiger partial charge in [0.1, 0.15) is 0 Å². The van der Waals surface area contributed by atoms with Crippen LogP contribution in [0, 0.1) is 0 Å². The minimum Gasteiger partial charge on any atom is -0.378 e. The zero-order valence-corrected chi connectivity index (χ0v) is 13.2. The van der Waals surface area contributed by atoms with E-state index in [9.17, 15) is 0 Å². The Kier molecular flexibility index (Phi) is 3.68. The Labute approximate surface area is 130 Å². The van der Waals surface area contributed by atoms with Gasteiger partial charge >= 0.3 is 0 Å². The van der Waals surface area contributed by atoms with Crippen molar-refractivity contribution in [2.24, 2.45) is 7.05 Å². The van der Waals surface area contributed by atoms with Crippen LogP contribution in [-0.4, -0.2) is 9.78 Å². The van der Waals surface area contributed by atoms with Crippen LogP contribution < -0.4 is 5.32 Å². The molecular formula is C15H13BrClN3. The smallest absolute Gasteiger partial charge is 0.0894 e. The number of para-hydroxylation sites is 1. The van der Waals surface area contributed by atoms with E-state index in [-0.39, 0.29) is 0 Å². The number of hydrogen-bond acceptors (Lipinski definition) is 2. The van der Waals surface area contributed by atoms with Gasteiger partial charge in [-0.1, -0.05) is 29.8 Å². The van der Waals surface area contributed by atoms with Crippen molar-refractivity contribution >= 4 is 44.1 Å². The summed E-state index contributed by atoms with van der Waals surface area (Å²) in [6, 6.07) is 13.9. The summed E-state index contributed by atoms with van der Waals surface area (Å²) in [7, 11) is 1.96. The van der Waals surface area contributed by atoms with E-state index in [0.717, 1.165) is 21.4 Å². The third-order valence-corrected chi connectivity index (χ3v) is 4.14. The van der Waals surface area contributed by atoms with Gasteiger partial charge in [-0.15, -0.1) is 0 Å². The van der Waals surface area contributed by atoms with Crippen molar-refractivity contribution < 1.29 is 0 Å². The fourth-order valence-electron chi connectivity index (χ4n) is 2.23. The first-order valence-corrected chi connectivity index (χ1v) is 7.42. The van der Waals surface area contributed by atoms with Gasteiger partial charge < -0.3 is 5.32 Å². The number of rotatable bonds is 3. The summed E-state index contributed by atoms with van der Waals surface area (Å²) >= 11 is 9.53. The molecule has 0 saturated heterocycles. The molecule has 0 aliphatic rings. The Bertz CT molecular complexity index is 767. The number of halogens is 2. The first-order chi connectivity index (χ1) is 9.65. The van der Waals surface area contributed by atoms with Gasteiger partial charge in [0.15, 0.2) is 0 Å². The van der Waals surface area contributed by atoms with Gasteiger partial charge in [-0.2, -0.15) is 5.10 Å². The quantitative estimate of drug-likeness (QED) is 0.748. The van der Waals surface area contributed by atoms with Crippen molar-refractivity contribution in [2.45, 2.75) is 6.54 Å². The highest BCUT2D eigenvalue weighted by molar-refractivity contribution is 9.10. The largest absolute Gasteiger partial charge is 0.378 e. The predicted molar refractivity (Wildman–Crippen MR) is 87.2 cm³/mol. The van der Waals surface area contributed by atoms with E-state index >= 15 is 0 Å². The summed E-state index contributed by atoms with van der Waals surface area (Å²) in [5.41, 5.74) is 3.12. The van der Waals surface area contributed by atoms with Crippen LogP contribution >= 0.6 is 27.5 Å². The monoisotopic (exact) mass is 349 g/mol. The van der Waals surface area contributed by atoms with E-state index in [4.69, 9.17) is 11.6 Å². The Morgan fingerprint density at radius 1 is 1.25 bits per heavy atom. The van der Waals surface area contributed by atoms with Crippen LogP contribution in [0.3, 0.4) is 0 Å². The minimum absolute atomic E-state index is 0.653. The van der Waals surface area contributed by atoms with Crippen LogP contribution in [0.5, 0.6) is 0 Å². The number of aromatic nitrogens is 2. The molecule has 20 heavy (non-hydrogen) atoms. The van der Waals surface area contributed by atoms with Crippen molar-refractivity contribution in [2.75, 3.05) is 5.32 Å². The normalized spacial score (nSPS) is 10.9. The average Bonchev–Trinajstić information content (AvgIpc) is 2.77. The zero-order chi connectivity index (χ0) is 14.1. The third kappa shape index (κ3) is 2.53. The van der Waals surface area contributed by atoms with E-state index in [2.05, 4.69) is 38.5 Å². The molecule has 0 atom stereocenters. The van der Waals surface area contributed by atoms with Crippen LogP contribution in [0.15, 0.2) is 46.9 Å². The Balaban J connectivity index is 1.89. The van der Waals surface area contributed by atoms with Gasteiger partial charge in [0.05, 0.1) is 23.4 Å². The molecule has 3 rings (SSSR count). The topological polar surface area (TPSA) is 29.9 Å². The number of benzene rings is 2. The lowest BCUT2D eigenvalue weighted by Crippen LogP contribution is -2.02. The van der Waals surface area contributed by atoms with E-state index < -0.39 is 0 Å². The molecule has 0 aliphatic carbocycles. The molecular weight excluding hydrogens is 338 g/mol. The Hall–Kier alpha value is -1.52. The minimum atomic E-state index is 0.653. The molecule has 0 spiro atoms. The molecule has 0 bridgehead atoms. The molecule has 3 nitrogen and oxygen atoms in total. The molecule has 102 valence electrons. The van der Waals surface area contributed by atoms with Gasteiger partial charge in [0.25, 0.3) is 0 Å². The molecule has 1 aromatic heterocycles. The molecule has 3 aromatic rings. The molecule has 1 N–H and O–H groups in total. The molecule has 1 heterocycles. The molecule has 5 heteroatoms. The maximum absolute atomic E-state index is 6.02. The SMILES string of the molecule is Cn1nc(CNc2cc(Cl)ccc2Br)c2ccccc21. The lowest BCUT2D eigenvalue weighted by molar-refractivity contribution is 0.771. The highest BCUT2D eigenvalue weighted by Crippen LogP contribution is 2.27. The first-order valence-electron chi connectivity index (χ1n) is 6.24. The highest BCUT2D eigenvalue weighted by atomic mass is 79.9.